The molecular formula is C44H50FN7O6S. The van der Waals surface area contributed by atoms with E-state index in [2.05, 4.69) is 42.1 Å². The average molecular weight is 824 g/mol. The van der Waals surface area contributed by atoms with E-state index in [1.54, 1.807) is 22.7 Å². The van der Waals surface area contributed by atoms with E-state index in [-0.39, 0.29) is 23.6 Å². The van der Waals surface area contributed by atoms with E-state index in [0.717, 1.165) is 113 Å². The number of halogens is 1. The number of piperidine rings is 3. The van der Waals surface area contributed by atoms with Crippen molar-refractivity contribution in [2.45, 2.75) is 80.5 Å². The molecule has 5 fully saturated rings. The van der Waals surface area contributed by atoms with Gasteiger partial charge in [0.25, 0.3) is 11.5 Å². The standard InChI is InChI=1S/C44H50FN7O6S/c45-33-20-29(21-34-41(33)43(55)47-38(46-34)25-59-30-12-18-57-19-13-30)58-24-26-8-14-49(15-9-26)28-22-51(23-28)27-10-16-50(17-11-27)35-4-5-36-40-31(35)2-1-3-32(40)44(56)52(36)37-6-7-39(53)48-42(37)54/h1-5,20-21,26-28,30,37H,6-19,22-25H2,(H,46,47,55)(H,48,53,54). The highest BCUT2D eigenvalue weighted by Crippen LogP contribution is 2.44. The summed E-state index contributed by atoms with van der Waals surface area (Å²) in [5.74, 6) is 0.425. The maximum atomic E-state index is 15.1. The topological polar surface area (TPSA) is 140 Å². The van der Waals surface area contributed by atoms with Crippen LogP contribution in [0.1, 0.15) is 67.5 Å². The number of hydrogen-bond donors (Lipinski definition) is 2. The lowest BCUT2D eigenvalue weighted by molar-refractivity contribution is -0.134. The predicted molar refractivity (Wildman–Crippen MR) is 225 cm³/mol. The average Bonchev–Trinajstić information content (AvgIpc) is 3.51. The molecule has 1 aromatic heterocycles. The van der Waals surface area contributed by atoms with Gasteiger partial charge in [-0.2, -0.15) is 11.8 Å². The van der Waals surface area contributed by atoms with Gasteiger partial charge in [-0.3, -0.25) is 39.2 Å². The van der Waals surface area contributed by atoms with E-state index in [4.69, 9.17) is 9.47 Å². The summed E-state index contributed by atoms with van der Waals surface area (Å²) in [7, 11) is 0. The number of likely N-dealkylation sites (tertiary alicyclic amines) is 2. The number of carbonyl (C=O) groups is 3. The molecule has 3 amide bonds. The molecule has 0 bridgehead atoms. The fourth-order valence-corrected chi connectivity index (χ4v) is 11.2. The molecule has 6 aliphatic rings. The Morgan fingerprint density at radius 1 is 0.847 bits per heavy atom. The Hall–Kier alpha value is -4.57. The van der Waals surface area contributed by atoms with Gasteiger partial charge in [0.05, 0.1) is 23.6 Å². The summed E-state index contributed by atoms with van der Waals surface area (Å²) in [6.07, 6.45) is 6.72. The van der Waals surface area contributed by atoms with Crippen LogP contribution in [-0.4, -0.2) is 120 Å². The van der Waals surface area contributed by atoms with E-state index >= 15 is 4.39 Å². The number of rotatable bonds is 10. The fraction of sp³-hybridized carbons (Fsp3) is 0.523. The van der Waals surface area contributed by atoms with Gasteiger partial charge in [-0.15, -0.1) is 0 Å². The smallest absolute Gasteiger partial charge is 0.261 e. The van der Waals surface area contributed by atoms with Crippen LogP contribution < -0.4 is 25.4 Å². The molecule has 7 heterocycles. The zero-order chi connectivity index (χ0) is 40.2. The summed E-state index contributed by atoms with van der Waals surface area (Å²) in [4.78, 5) is 67.6. The third kappa shape index (κ3) is 7.48. The minimum atomic E-state index is -0.690. The Labute approximate surface area is 345 Å². The molecule has 2 N–H and O–H groups in total. The molecule has 0 saturated carbocycles. The molecule has 1 unspecified atom stereocenters. The Balaban J connectivity index is 0.695. The van der Waals surface area contributed by atoms with Crippen LogP contribution in [-0.2, 0) is 20.1 Å². The second-order valence-electron chi connectivity index (χ2n) is 17.0. The second kappa shape index (κ2) is 16.1. The van der Waals surface area contributed by atoms with Crippen LogP contribution in [0.15, 0.2) is 47.3 Å². The van der Waals surface area contributed by atoms with Crippen LogP contribution in [0.5, 0.6) is 5.75 Å². The number of benzene rings is 3. The van der Waals surface area contributed by atoms with Crippen molar-refractivity contribution in [3.05, 3.63) is 70.0 Å². The molecule has 0 radical (unpaired) electrons. The van der Waals surface area contributed by atoms with Gasteiger partial charge in [0.2, 0.25) is 11.8 Å². The lowest BCUT2D eigenvalue weighted by Gasteiger charge is -2.52. The van der Waals surface area contributed by atoms with Crippen molar-refractivity contribution >= 4 is 62.5 Å². The summed E-state index contributed by atoms with van der Waals surface area (Å²) < 4.78 is 26.7. The lowest BCUT2D eigenvalue weighted by Crippen LogP contribution is -2.64. The number of ether oxygens (including phenoxy) is 2. The SMILES string of the molecule is O=C1CCC(N2C(=O)c3cccc4c(N5CCC(N6CC(N7CCC(COc8cc(F)c9c(=O)[nH]c(CSC%10CCOCC%10)nc9c8)CC7)C6)CC5)ccc2c34)C(=O)N1. The quantitative estimate of drug-likeness (QED) is 0.213. The van der Waals surface area contributed by atoms with Crippen molar-refractivity contribution < 1.29 is 28.2 Å². The Bertz CT molecular complexity index is 2350. The van der Waals surface area contributed by atoms with Crippen molar-refractivity contribution in [1.29, 1.82) is 0 Å². The number of anilines is 2. The molecule has 0 spiro atoms. The fourth-order valence-electron chi connectivity index (χ4n) is 10.1. The minimum absolute atomic E-state index is 0.0249. The highest BCUT2D eigenvalue weighted by Gasteiger charge is 2.42. The maximum Gasteiger partial charge on any atom is 0.261 e. The monoisotopic (exact) mass is 823 g/mol. The van der Waals surface area contributed by atoms with Crippen molar-refractivity contribution in [2.75, 3.05) is 68.9 Å². The number of nitrogens with zero attached hydrogens (tertiary/aromatic N) is 5. The van der Waals surface area contributed by atoms with Gasteiger partial charge < -0.3 is 19.4 Å². The first kappa shape index (κ1) is 38.6. The molecule has 10 rings (SSSR count). The van der Waals surface area contributed by atoms with Crippen molar-refractivity contribution in [3.8, 4) is 5.75 Å². The molecule has 3 aromatic carbocycles. The maximum absolute atomic E-state index is 15.1. The van der Waals surface area contributed by atoms with E-state index in [9.17, 15) is 19.2 Å². The summed E-state index contributed by atoms with van der Waals surface area (Å²) in [6.45, 7) is 8.12. The zero-order valence-corrected chi connectivity index (χ0v) is 33.9. The van der Waals surface area contributed by atoms with Crippen LogP contribution in [0, 0.1) is 11.7 Å². The van der Waals surface area contributed by atoms with Crippen molar-refractivity contribution in [1.82, 2.24) is 25.1 Å². The largest absolute Gasteiger partial charge is 0.493 e. The second-order valence-corrected chi connectivity index (χ2v) is 18.3. The van der Waals surface area contributed by atoms with E-state index < -0.39 is 23.3 Å². The number of imide groups is 1. The predicted octanol–water partition coefficient (Wildman–Crippen LogP) is 4.84. The highest BCUT2D eigenvalue weighted by molar-refractivity contribution is 7.99. The van der Waals surface area contributed by atoms with E-state index in [1.165, 1.54) is 6.07 Å². The Kier molecular flexibility index (Phi) is 10.6. The third-order valence-electron chi connectivity index (χ3n) is 13.5. The molecule has 5 saturated heterocycles. The van der Waals surface area contributed by atoms with Crippen LogP contribution in [0.25, 0.3) is 21.7 Å². The Morgan fingerprint density at radius 3 is 2.41 bits per heavy atom. The first-order chi connectivity index (χ1) is 28.8. The molecule has 4 aromatic rings. The van der Waals surface area contributed by atoms with Crippen LogP contribution in [0.4, 0.5) is 15.8 Å². The van der Waals surface area contributed by atoms with Gasteiger partial charge in [-0.25, -0.2) is 9.37 Å². The highest BCUT2D eigenvalue weighted by atomic mass is 32.2. The van der Waals surface area contributed by atoms with E-state index in [0.29, 0.717) is 64.7 Å². The number of hydrogen-bond acceptors (Lipinski definition) is 11. The van der Waals surface area contributed by atoms with Gasteiger partial charge in [-0.1, -0.05) is 12.1 Å². The van der Waals surface area contributed by atoms with Gasteiger partial charge in [-0.05, 0) is 82.2 Å². The van der Waals surface area contributed by atoms with Crippen molar-refractivity contribution in [3.63, 3.8) is 0 Å². The van der Waals surface area contributed by atoms with E-state index in [1.807, 2.05) is 18.2 Å². The van der Waals surface area contributed by atoms with Crippen LogP contribution in [0.2, 0.25) is 0 Å². The van der Waals surface area contributed by atoms with Gasteiger partial charge in [0.1, 0.15) is 28.8 Å². The van der Waals surface area contributed by atoms with Crippen LogP contribution in [0.3, 0.4) is 0 Å². The molecule has 15 heteroatoms. The Morgan fingerprint density at radius 2 is 1.63 bits per heavy atom. The molecular weight excluding hydrogens is 774 g/mol. The number of H-pyrrole nitrogens is 1. The number of carbonyl (C=O) groups excluding carboxylic acids is 3. The minimum Gasteiger partial charge on any atom is -0.493 e. The van der Waals surface area contributed by atoms with Crippen molar-refractivity contribution in [2.24, 2.45) is 5.92 Å². The molecule has 1 atom stereocenters. The molecule has 0 aliphatic carbocycles. The first-order valence-electron chi connectivity index (χ1n) is 21.3. The van der Waals surface area contributed by atoms with Gasteiger partial charge >= 0.3 is 0 Å². The number of thioether (sulfide) groups is 1. The molecule has 13 nitrogen and oxygen atoms in total. The molecule has 6 aliphatic heterocycles. The van der Waals surface area contributed by atoms with Gasteiger partial charge in [0.15, 0.2) is 0 Å². The van der Waals surface area contributed by atoms with Crippen LogP contribution >= 0.6 is 11.8 Å². The normalized spacial score (nSPS) is 23.1. The number of aromatic nitrogens is 2. The lowest BCUT2D eigenvalue weighted by atomic mass is 9.92. The third-order valence-corrected chi connectivity index (χ3v) is 14.9. The summed E-state index contributed by atoms with van der Waals surface area (Å²) >= 11 is 1.76. The summed E-state index contributed by atoms with van der Waals surface area (Å²) in [5.41, 5.74) is 2.37. The summed E-state index contributed by atoms with van der Waals surface area (Å²) in [6, 6.07) is 13.4. The first-order valence-corrected chi connectivity index (χ1v) is 22.3. The summed E-state index contributed by atoms with van der Waals surface area (Å²) in [5, 5.41) is 4.78. The number of fused-ring (bicyclic) bond motifs is 1. The number of aromatic amines is 1. The number of amides is 3. The molecule has 310 valence electrons. The van der Waals surface area contributed by atoms with Gasteiger partial charge in [0, 0.05) is 97.3 Å². The number of nitrogens with one attached hydrogen (secondary N) is 2. The molecule has 59 heavy (non-hydrogen) atoms. The zero-order valence-electron chi connectivity index (χ0n) is 33.1.